The average Bonchev–Trinajstić information content (AvgIpc) is 2.83. The number of nitrogen functional groups attached to an aromatic ring is 1. The highest BCUT2D eigenvalue weighted by Crippen LogP contribution is 2.37. The standard InChI is InChI=1S/C14H18FN3O3/c1-14(6-2-3-7-14)8-17-13(19)11-9(15)4-5-10(12(11)16)18(20)21/h4-5H,2-3,6-8,16H2,1H3,(H,17,19). The summed E-state index contributed by atoms with van der Waals surface area (Å²) in [6.07, 6.45) is 4.22. The fourth-order valence-electron chi connectivity index (χ4n) is 2.76. The van der Waals surface area contributed by atoms with Crippen molar-refractivity contribution in [1.29, 1.82) is 0 Å². The van der Waals surface area contributed by atoms with Crippen molar-refractivity contribution in [1.82, 2.24) is 5.32 Å². The normalized spacial score (nSPS) is 16.7. The Bertz CT molecular complexity index is 583. The van der Waals surface area contributed by atoms with Gasteiger partial charge in [-0.3, -0.25) is 14.9 Å². The third-order valence-electron chi connectivity index (χ3n) is 4.08. The summed E-state index contributed by atoms with van der Waals surface area (Å²) in [5.74, 6) is -1.56. The number of carbonyl (C=O) groups is 1. The molecule has 0 bridgehead atoms. The number of rotatable bonds is 4. The van der Waals surface area contributed by atoms with Crippen LogP contribution in [0, 0.1) is 21.3 Å². The summed E-state index contributed by atoms with van der Waals surface area (Å²) in [6.45, 7) is 2.47. The molecule has 0 saturated heterocycles. The number of hydrogen-bond acceptors (Lipinski definition) is 4. The zero-order valence-electron chi connectivity index (χ0n) is 11.8. The quantitative estimate of drug-likeness (QED) is 0.506. The van der Waals surface area contributed by atoms with Gasteiger partial charge in [-0.2, -0.15) is 0 Å². The molecule has 0 aromatic heterocycles. The summed E-state index contributed by atoms with van der Waals surface area (Å²) >= 11 is 0. The minimum atomic E-state index is -0.854. The molecule has 2 rings (SSSR count). The first-order valence-electron chi connectivity index (χ1n) is 6.85. The maximum atomic E-state index is 13.8. The SMILES string of the molecule is CC1(CNC(=O)c2c(F)ccc([N+](=O)[O-])c2N)CCCC1. The van der Waals surface area contributed by atoms with E-state index in [2.05, 4.69) is 12.2 Å². The molecule has 1 amide bonds. The van der Waals surface area contributed by atoms with E-state index >= 15 is 0 Å². The zero-order valence-corrected chi connectivity index (χ0v) is 11.8. The lowest BCUT2D eigenvalue weighted by molar-refractivity contribution is -0.384. The van der Waals surface area contributed by atoms with E-state index in [0.29, 0.717) is 6.54 Å². The molecule has 1 aromatic carbocycles. The Labute approximate surface area is 121 Å². The summed E-state index contributed by atoms with van der Waals surface area (Å²) in [4.78, 5) is 22.2. The first kappa shape index (κ1) is 15.2. The number of nitrogens with zero attached hydrogens (tertiary/aromatic N) is 1. The van der Waals surface area contributed by atoms with Gasteiger partial charge in [0.2, 0.25) is 0 Å². The minimum absolute atomic E-state index is 0.00160. The molecule has 21 heavy (non-hydrogen) atoms. The molecule has 114 valence electrons. The van der Waals surface area contributed by atoms with Crippen LogP contribution < -0.4 is 11.1 Å². The van der Waals surface area contributed by atoms with Crippen molar-refractivity contribution < 1.29 is 14.1 Å². The smallest absolute Gasteiger partial charge is 0.293 e. The van der Waals surface area contributed by atoms with Crippen LogP contribution in [0.1, 0.15) is 43.0 Å². The van der Waals surface area contributed by atoms with E-state index in [1.54, 1.807) is 0 Å². The number of amides is 1. The fourth-order valence-corrected chi connectivity index (χ4v) is 2.76. The number of anilines is 1. The van der Waals surface area contributed by atoms with Crippen LogP contribution in [0.3, 0.4) is 0 Å². The summed E-state index contributed by atoms with van der Waals surface area (Å²) in [7, 11) is 0. The molecule has 1 aliphatic carbocycles. The maximum Gasteiger partial charge on any atom is 0.293 e. The first-order valence-corrected chi connectivity index (χ1v) is 6.85. The lowest BCUT2D eigenvalue weighted by Gasteiger charge is -2.23. The predicted molar refractivity (Wildman–Crippen MR) is 76.4 cm³/mol. The molecular weight excluding hydrogens is 277 g/mol. The number of nitro benzene ring substituents is 1. The lowest BCUT2D eigenvalue weighted by atomic mass is 9.89. The van der Waals surface area contributed by atoms with Gasteiger partial charge in [0, 0.05) is 12.6 Å². The van der Waals surface area contributed by atoms with Gasteiger partial charge in [-0.25, -0.2) is 4.39 Å². The molecule has 1 fully saturated rings. The van der Waals surface area contributed by atoms with E-state index in [-0.39, 0.29) is 5.41 Å². The number of carbonyl (C=O) groups excluding carboxylic acids is 1. The zero-order chi connectivity index (χ0) is 15.6. The molecule has 1 aliphatic rings. The van der Waals surface area contributed by atoms with Crippen molar-refractivity contribution in [3.8, 4) is 0 Å². The van der Waals surface area contributed by atoms with Crippen LogP contribution in [0.5, 0.6) is 0 Å². The van der Waals surface area contributed by atoms with Crippen molar-refractivity contribution in [3.05, 3.63) is 33.6 Å². The Balaban J connectivity index is 2.19. The number of nitrogens with one attached hydrogen (secondary N) is 1. The summed E-state index contributed by atoms with van der Waals surface area (Å²) < 4.78 is 13.8. The highest BCUT2D eigenvalue weighted by Gasteiger charge is 2.30. The number of benzene rings is 1. The molecule has 0 heterocycles. The van der Waals surface area contributed by atoms with Crippen molar-refractivity contribution in [2.45, 2.75) is 32.6 Å². The predicted octanol–water partition coefficient (Wildman–Crippen LogP) is 2.63. The van der Waals surface area contributed by atoms with Crippen LogP contribution in [-0.4, -0.2) is 17.4 Å². The molecule has 1 aromatic rings. The van der Waals surface area contributed by atoms with E-state index in [1.165, 1.54) is 0 Å². The van der Waals surface area contributed by atoms with Gasteiger partial charge in [0.25, 0.3) is 11.6 Å². The molecule has 7 heteroatoms. The third-order valence-corrected chi connectivity index (χ3v) is 4.08. The van der Waals surface area contributed by atoms with Crippen LogP contribution in [0.4, 0.5) is 15.8 Å². The summed E-state index contributed by atoms with van der Waals surface area (Å²) in [6, 6.07) is 1.85. The van der Waals surface area contributed by atoms with Crippen LogP contribution in [0.15, 0.2) is 12.1 Å². The van der Waals surface area contributed by atoms with Crippen LogP contribution >= 0.6 is 0 Å². The second-order valence-electron chi connectivity index (χ2n) is 5.81. The van der Waals surface area contributed by atoms with E-state index in [0.717, 1.165) is 37.8 Å². The number of nitrogens with two attached hydrogens (primary N) is 1. The Morgan fingerprint density at radius 2 is 2.10 bits per heavy atom. The molecular formula is C14H18FN3O3. The molecule has 0 aliphatic heterocycles. The summed E-state index contributed by atoms with van der Waals surface area (Å²) in [5, 5.41) is 13.4. The van der Waals surface area contributed by atoms with Crippen molar-refractivity contribution in [2.24, 2.45) is 5.41 Å². The Kier molecular flexibility index (Phi) is 4.11. The van der Waals surface area contributed by atoms with Crippen LogP contribution in [-0.2, 0) is 0 Å². The Morgan fingerprint density at radius 1 is 1.48 bits per heavy atom. The first-order chi connectivity index (χ1) is 9.84. The van der Waals surface area contributed by atoms with E-state index in [1.807, 2.05) is 0 Å². The maximum absolute atomic E-state index is 13.8. The van der Waals surface area contributed by atoms with Crippen LogP contribution in [0.25, 0.3) is 0 Å². The Morgan fingerprint density at radius 3 is 2.67 bits per heavy atom. The molecule has 0 radical (unpaired) electrons. The Hall–Kier alpha value is -2.18. The molecule has 0 spiro atoms. The van der Waals surface area contributed by atoms with Gasteiger partial charge in [0.05, 0.1) is 4.92 Å². The van der Waals surface area contributed by atoms with Crippen LogP contribution in [0.2, 0.25) is 0 Å². The fraction of sp³-hybridized carbons (Fsp3) is 0.500. The highest BCUT2D eigenvalue weighted by atomic mass is 19.1. The van der Waals surface area contributed by atoms with Crippen molar-refractivity contribution >= 4 is 17.3 Å². The van der Waals surface area contributed by atoms with Gasteiger partial charge in [-0.15, -0.1) is 0 Å². The monoisotopic (exact) mass is 295 g/mol. The second kappa shape index (κ2) is 5.67. The second-order valence-corrected chi connectivity index (χ2v) is 5.81. The van der Waals surface area contributed by atoms with Gasteiger partial charge < -0.3 is 11.1 Å². The molecule has 6 nitrogen and oxygen atoms in total. The molecule has 0 unspecified atom stereocenters. The summed E-state index contributed by atoms with van der Waals surface area (Å²) in [5.41, 5.74) is 4.21. The van der Waals surface area contributed by atoms with Gasteiger partial charge in [0.15, 0.2) is 0 Å². The molecule has 1 saturated carbocycles. The number of nitro groups is 1. The largest absolute Gasteiger partial charge is 0.392 e. The van der Waals surface area contributed by atoms with Crippen molar-refractivity contribution in [3.63, 3.8) is 0 Å². The van der Waals surface area contributed by atoms with E-state index in [9.17, 15) is 19.3 Å². The topological polar surface area (TPSA) is 98.3 Å². The van der Waals surface area contributed by atoms with Gasteiger partial charge in [-0.1, -0.05) is 19.8 Å². The van der Waals surface area contributed by atoms with Crippen molar-refractivity contribution in [2.75, 3.05) is 12.3 Å². The average molecular weight is 295 g/mol. The van der Waals surface area contributed by atoms with E-state index in [4.69, 9.17) is 5.73 Å². The van der Waals surface area contributed by atoms with E-state index < -0.39 is 33.6 Å². The molecule has 3 N–H and O–H groups in total. The molecule has 0 atom stereocenters. The van der Waals surface area contributed by atoms with Gasteiger partial charge >= 0.3 is 0 Å². The third kappa shape index (κ3) is 3.12. The minimum Gasteiger partial charge on any atom is -0.392 e. The number of halogens is 1. The highest BCUT2D eigenvalue weighted by molar-refractivity contribution is 6.01. The lowest BCUT2D eigenvalue weighted by Crippen LogP contribution is -2.35. The number of hydrogen-bond donors (Lipinski definition) is 2. The van der Waals surface area contributed by atoms with Gasteiger partial charge in [-0.05, 0) is 24.3 Å². The van der Waals surface area contributed by atoms with Gasteiger partial charge in [0.1, 0.15) is 17.1 Å².